The third-order valence-corrected chi connectivity index (χ3v) is 5.18. The molecule has 0 aliphatic rings. The Morgan fingerprint density at radius 1 is 1.24 bits per heavy atom. The van der Waals surface area contributed by atoms with Crippen LogP contribution >= 0.6 is 0 Å². The smallest absolute Gasteiger partial charge is 0.268 e. The molecule has 0 saturated carbocycles. The molecule has 172 valence electrons. The van der Waals surface area contributed by atoms with Crippen LogP contribution in [0.3, 0.4) is 0 Å². The minimum absolute atomic E-state index is 0.144. The van der Waals surface area contributed by atoms with Crippen molar-refractivity contribution < 1.29 is 14.3 Å². The number of fused-ring (bicyclic) bond motifs is 1. The summed E-state index contributed by atoms with van der Waals surface area (Å²) >= 11 is 0. The molecule has 0 aliphatic carbocycles. The lowest BCUT2D eigenvalue weighted by atomic mass is 10.0. The molecule has 3 rings (SSSR count). The van der Waals surface area contributed by atoms with E-state index in [1.165, 1.54) is 0 Å². The van der Waals surface area contributed by atoms with E-state index in [1.54, 1.807) is 31.5 Å². The number of rotatable bonds is 9. The van der Waals surface area contributed by atoms with Crippen molar-refractivity contribution in [2.75, 3.05) is 12.8 Å². The summed E-state index contributed by atoms with van der Waals surface area (Å²) in [6.45, 7) is 3.92. The van der Waals surface area contributed by atoms with Gasteiger partial charge in [-0.2, -0.15) is 5.26 Å². The van der Waals surface area contributed by atoms with Crippen molar-refractivity contribution in [3.05, 3.63) is 53.9 Å². The maximum Gasteiger partial charge on any atom is 0.268 e. The predicted molar refractivity (Wildman–Crippen MR) is 125 cm³/mol. The Labute approximate surface area is 192 Å². The van der Waals surface area contributed by atoms with Gasteiger partial charge in [-0.3, -0.25) is 9.59 Å². The summed E-state index contributed by atoms with van der Waals surface area (Å²) in [6.07, 6.45) is 2.27. The molecule has 3 aromatic rings. The fraction of sp³-hybridized carbons (Fsp3) is 0.333. The van der Waals surface area contributed by atoms with Crippen molar-refractivity contribution in [1.29, 1.82) is 5.26 Å². The molecule has 9 nitrogen and oxygen atoms in total. The second-order valence-corrected chi connectivity index (χ2v) is 8.25. The number of pyridine rings is 1. The van der Waals surface area contributed by atoms with Gasteiger partial charge in [-0.1, -0.05) is 26.0 Å². The van der Waals surface area contributed by atoms with Crippen molar-refractivity contribution in [3.8, 4) is 11.8 Å². The number of benzene rings is 1. The molecule has 2 atom stereocenters. The van der Waals surface area contributed by atoms with E-state index in [4.69, 9.17) is 10.5 Å². The zero-order chi connectivity index (χ0) is 24.0. The highest BCUT2D eigenvalue weighted by atomic mass is 16.5. The molecular formula is C24H28N6O3. The number of H-pyrrole nitrogens is 1. The van der Waals surface area contributed by atoms with Gasteiger partial charge in [0.15, 0.2) is 0 Å². The molecule has 0 aliphatic heterocycles. The van der Waals surface area contributed by atoms with Gasteiger partial charge in [-0.25, -0.2) is 4.98 Å². The summed E-state index contributed by atoms with van der Waals surface area (Å²) in [7, 11) is 1.57. The maximum atomic E-state index is 13.0. The minimum atomic E-state index is -0.800. The van der Waals surface area contributed by atoms with Crippen LogP contribution < -0.4 is 21.1 Å². The van der Waals surface area contributed by atoms with E-state index in [0.717, 1.165) is 16.5 Å². The van der Waals surface area contributed by atoms with Gasteiger partial charge in [0.25, 0.3) is 5.91 Å². The van der Waals surface area contributed by atoms with Gasteiger partial charge in [0.05, 0.1) is 13.2 Å². The van der Waals surface area contributed by atoms with Crippen LogP contribution in [0.4, 0.5) is 5.82 Å². The Bertz CT molecular complexity index is 1160. The van der Waals surface area contributed by atoms with Gasteiger partial charge >= 0.3 is 0 Å². The molecule has 0 fully saturated rings. The number of carbonyl (C=O) groups is 2. The SMILES string of the molecule is COc1cccc2[nH]c(C(=O)N[C@@H](CC(C)C)C(=O)N[C@H](C#N)Cc3ccc(N)nc3)cc12. The summed E-state index contributed by atoms with van der Waals surface area (Å²) in [5.74, 6) is 0.343. The van der Waals surface area contributed by atoms with Gasteiger partial charge in [0.2, 0.25) is 5.91 Å². The van der Waals surface area contributed by atoms with E-state index >= 15 is 0 Å². The molecule has 0 saturated heterocycles. The highest BCUT2D eigenvalue weighted by Gasteiger charge is 2.25. The number of hydrogen-bond donors (Lipinski definition) is 4. The van der Waals surface area contributed by atoms with Crippen LogP contribution in [-0.2, 0) is 11.2 Å². The Kier molecular flexibility index (Phi) is 7.51. The minimum Gasteiger partial charge on any atom is -0.496 e. The van der Waals surface area contributed by atoms with E-state index in [1.807, 2.05) is 32.0 Å². The highest BCUT2D eigenvalue weighted by Crippen LogP contribution is 2.26. The number of nitrogens with zero attached hydrogens (tertiary/aromatic N) is 2. The number of aromatic nitrogens is 2. The average Bonchev–Trinajstić information content (AvgIpc) is 3.24. The van der Waals surface area contributed by atoms with Crippen LogP contribution in [0.15, 0.2) is 42.6 Å². The number of hydrogen-bond acceptors (Lipinski definition) is 6. The summed E-state index contributed by atoms with van der Waals surface area (Å²) in [5, 5.41) is 15.8. The van der Waals surface area contributed by atoms with E-state index in [-0.39, 0.29) is 12.3 Å². The standard InChI is InChI=1S/C24H28N6O3/c1-14(2)9-19(23(31)28-16(12-25)10-15-7-8-22(26)27-13-15)30-24(32)20-11-17-18(29-20)5-4-6-21(17)33-3/h4-8,11,13-14,16,19,29H,9-10H2,1-3H3,(H2,26,27)(H,28,31)(H,30,32)/t16-,19-/m0/s1. The van der Waals surface area contributed by atoms with Gasteiger partial charge < -0.3 is 26.1 Å². The van der Waals surface area contributed by atoms with E-state index < -0.39 is 23.9 Å². The van der Waals surface area contributed by atoms with Crippen molar-refractivity contribution in [3.63, 3.8) is 0 Å². The Balaban J connectivity index is 1.73. The summed E-state index contributed by atoms with van der Waals surface area (Å²) in [5.41, 5.74) is 7.44. The molecule has 0 unspecified atom stereocenters. The molecule has 0 radical (unpaired) electrons. The third kappa shape index (κ3) is 6.01. The van der Waals surface area contributed by atoms with Gasteiger partial charge in [-0.15, -0.1) is 0 Å². The van der Waals surface area contributed by atoms with Crippen molar-refractivity contribution >= 4 is 28.5 Å². The largest absolute Gasteiger partial charge is 0.496 e. The maximum absolute atomic E-state index is 13.0. The third-order valence-electron chi connectivity index (χ3n) is 5.18. The molecule has 2 heterocycles. The number of nitriles is 1. The number of amides is 2. The fourth-order valence-electron chi connectivity index (χ4n) is 3.56. The molecule has 0 bridgehead atoms. The van der Waals surface area contributed by atoms with Crippen molar-refractivity contribution in [2.24, 2.45) is 5.92 Å². The number of nitrogen functional groups attached to an aromatic ring is 1. The van der Waals surface area contributed by atoms with Crippen LogP contribution in [0.5, 0.6) is 5.75 Å². The second-order valence-electron chi connectivity index (χ2n) is 8.25. The molecule has 2 amide bonds. The normalized spacial score (nSPS) is 12.7. The molecular weight excluding hydrogens is 420 g/mol. The summed E-state index contributed by atoms with van der Waals surface area (Å²) in [4.78, 5) is 33.0. The Morgan fingerprint density at radius 2 is 2.03 bits per heavy atom. The zero-order valence-electron chi connectivity index (χ0n) is 18.9. The second kappa shape index (κ2) is 10.5. The number of anilines is 1. The highest BCUT2D eigenvalue weighted by molar-refractivity contribution is 6.01. The van der Waals surface area contributed by atoms with Crippen LogP contribution in [0, 0.1) is 17.2 Å². The molecule has 33 heavy (non-hydrogen) atoms. The zero-order valence-corrected chi connectivity index (χ0v) is 18.9. The van der Waals surface area contributed by atoms with Crippen LogP contribution in [0.25, 0.3) is 10.9 Å². The van der Waals surface area contributed by atoms with E-state index in [2.05, 4.69) is 26.7 Å². The first kappa shape index (κ1) is 23.6. The van der Waals surface area contributed by atoms with E-state index in [9.17, 15) is 14.9 Å². The lowest BCUT2D eigenvalue weighted by Gasteiger charge is -2.21. The number of ether oxygens (including phenoxy) is 1. The van der Waals surface area contributed by atoms with Crippen molar-refractivity contribution in [2.45, 2.75) is 38.8 Å². The Hall–Kier alpha value is -4.06. The van der Waals surface area contributed by atoms with Gasteiger partial charge in [-0.05, 0) is 42.2 Å². The summed E-state index contributed by atoms with van der Waals surface area (Å²) < 4.78 is 5.35. The van der Waals surface area contributed by atoms with Gasteiger partial charge in [0, 0.05) is 23.5 Å². The quantitative estimate of drug-likeness (QED) is 0.396. The summed E-state index contributed by atoms with van der Waals surface area (Å²) in [6, 6.07) is 11.1. The lowest BCUT2D eigenvalue weighted by Crippen LogP contribution is -2.50. The average molecular weight is 449 g/mol. The first-order valence-corrected chi connectivity index (χ1v) is 10.7. The van der Waals surface area contributed by atoms with Crippen LogP contribution in [-0.4, -0.2) is 41.0 Å². The number of nitrogens with one attached hydrogen (secondary N) is 3. The molecule has 9 heteroatoms. The number of aromatic amines is 1. The lowest BCUT2D eigenvalue weighted by molar-refractivity contribution is -0.123. The monoisotopic (exact) mass is 448 g/mol. The molecule has 1 aromatic carbocycles. The molecule has 0 spiro atoms. The first-order valence-electron chi connectivity index (χ1n) is 10.7. The first-order chi connectivity index (χ1) is 15.8. The van der Waals surface area contributed by atoms with Crippen LogP contribution in [0.2, 0.25) is 0 Å². The van der Waals surface area contributed by atoms with Crippen LogP contribution in [0.1, 0.15) is 36.3 Å². The predicted octanol–water partition coefficient (Wildman–Crippen LogP) is 2.55. The number of nitrogens with two attached hydrogens (primary N) is 1. The molecule has 2 aromatic heterocycles. The topological polar surface area (TPSA) is 146 Å². The fourth-order valence-corrected chi connectivity index (χ4v) is 3.56. The Morgan fingerprint density at radius 3 is 2.67 bits per heavy atom. The molecule has 5 N–H and O–H groups in total. The number of carbonyl (C=O) groups excluding carboxylic acids is 2. The van der Waals surface area contributed by atoms with E-state index in [0.29, 0.717) is 23.7 Å². The van der Waals surface area contributed by atoms with Gasteiger partial charge in [0.1, 0.15) is 29.3 Å². The number of methoxy groups -OCH3 is 1. The van der Waals surface area contributed by atoms with Crippen molar-refractivity contribution in [1.82, 2.24) is 20.6 Å².